The van der Waals surface area contributed by atoms with Crippen molar-refractivity contribution >= 4 is 34.4 Å². The molecule has 0 aliphatic rings. The molecule has 0 saturated carbocycles. The summed E-state index contributed by atoms with van der Waals surface area (Å²) >= 11 is 4.99. The van der Waals surface area contributed by atoms with E-state index >= 15 is 0 Å². The molecule has 0 aromatic carbocycles. The molecule has 13 heavy (non-hydrogen) atoms. The maximum absolute atomic E-state index is 4.19. The number of nitrogens with zero attached hydrogens (tertiary/aromatic N) is 3. The number of rotatable bonds is 3. The topological polar surface area (TPSA) is 38.7 Å². The van der Waals surface area contributed by atoms with Gasteiger partial charge in [-0.3, -0.25) is 0 Å². The first-order chi connectivity index (χ1) is 6.34. The zero-order chi connectivity index (χ0) is 9.10. The van der Waals surface area contributed by atoms with Gasteiger partial charge in [0.25, 0.3) is 0 Å². The van der Waals surface area contributed by atoms with Crippen molar-refractivity contribution < 1.29 is 0 Å². The van der Waals surface area contributed by atoms with Crippen molar-refractivity contribution in [3.63, 3.8) is 0 Å². The molecule has 2 aromatic rings. The molecule has 2 heterocycles. The molecular weight excluding hydrogens is 222 g/mol. The SMILES string of the molecule is Cc1nnc(SCc2nccs2)s1. The summed E-state index contributed by atoms with van der Waals surface area (Å²) in [6.45, 7) is 1.96. The zero-order valence-electron chi connectivity index (χ0n) is 6.93. The average Bonchev–Trinajstić information content (AvgIpc) is 2.71. The van der Waals surface area contributed by atoms with Crippen molar-refractivity contribution in [2.45, 2.75) is 17.0 Å². The third kappa shape index (κ3) is 2.49. The zero-order valence-corrected chi connectivity index (χ0v) is 9.38. The Morgan fingerprint density at radius 1 is 1.46 bits per heavy atom. The van der Waals surface area contributed by atoms with Gasteiger partial charge in [-0.05, 0) is 6.92 Å². The van der Waals surface area contributed by atoms with Gasteiger partial charge in [-0.1, -0.05) is 23.1 Å². The fourth-order valence-corrected chi connectivity index (χ4v) is 3.24. The summed E-state index contributed by atoms with van der Waals surface area (Å²) < 4.78 is 1.02. The first kappa shape index (κ1) is 9.11. The maximum Gasteiger partial charge on any atom is 0.174 e. The molecule has 0 radical (unpaired) electrons. The van der Waals surface area contributed by atoms with Gasteiger partial charge in [0.1, 0.15) is 10.0 Å². The highest BCUT2D eigenvalue weighted by molar-refractivity contribution is 8.00. The summed E-state index contributed by atoms with van der Waals surface area (Å²) in [4.78, 5) is 4.19. The lowest BCUT2D eigenvalue weighted by molar-refractivity contribution is 0.983. The Morgan fingerprint density at radius 2 is 2.38 bits per heavy atom. The van der Waals surface area contributed by atoms with Crippen LogP contribution in [0.3, 0.4) is 0 Å². The first-order valence-electron chi connectivity index (χ1n) is 3.66. The molecule has 0 aliphatic carbocycles. The van der Waals surface area contributed by atoms with Gasteiger partial charge in [-0.15, -0.1) is 21.5 Å². The number of aryl methyl sites for hydroxylation is 1. The van der Waals surface area contributed by atoms with E-state index < -0.39 is 0 Å². The molecule has 0 atom stereocenters. The van der Waals surface area contributed by atoms with Gasteiger partial charge in [0.2, 0.25) is 0 Å². The number of aromatic nitrogens is 3. The van der Waals surface area contributed by atoms with Crippen LogP contribution in [0.15, 0.2) is 15.9 Å². The monoisotopic (exact) mass is 229 g/mol. The highest BCUT2D eigenvalue weighted by Crippen LogP contribution is 2.25. The predicted molar refractivity (Wildman–Crippen MR) is 56.3 cm³/mol. The summed E-state index contributed by atoms with van der Waals surface area (Å²) in [7, 11) is 0. The van der Waals surface area contributed by atoms with Crippen LogP contribution in [0, 0.1) is 6.92 Å². The fraction of sp³-hybridized carbons (Fsp3) is 0.286. The van der Waals surface area contributed by atoms with E-state index in [2.05, 4.69) is 15.2 Å². The lowest BCUT2D eigenvalue weighted by Crippen LogP contribution is -1.76. The van der Waals surface area contributed by atoms with Gasteiger partial charge < -0.3 is 0 Å². The Hall–Kier alpha value is -0.460. The van der Waals surface area contributed by atoms with E-state index in [1.54, 1.807) is 34.4 Å². The second kappa shape index (κ2) is 4.17. The van der Waals surface area contributed by atoms with Crippen molar-refractivity contribution in [3.8, 4) is 0 Å². The van der Waals surface area contributed by atoms with Gasteiger partial charge in [0.05, 0.1) is 5.75 Å². The average molecular weight is 229 g/mol. The summed E-state index contributed by atoms with van der Waals surface area (Å²) in [6.07, 6.45) is 1.83. The number of hydrogen-bond acceptors (Lipinski definition) is 6. The van der Waals surface area contributed by atoms with Crippen LogP contribution in [0.1, 0.15) is 10.0 Å². The smallest absolute Gasteiger partial charge is 0.174 e. The quantitative estimate of drug-likeness (QED) is 0.758. The second-order valence-electron chi connectivity index (χ2n) is 2.30. The molecule has 3 nitrogen and oxygen atoms in total. The molecule has 2 rings (SSSR count). The van der Waals surface area contributed by atoms with E-state index in [0.717, 1.165) is 20.1 Å². The van der Waals surface area contributed by atoms with E-state index in [0.29, 0.717) is 0 Å². The van der Waals surface area contributed by atoms with Crippen LogP contribution >= 0.6 is 34.4 Å². The lowest BCUT2D eigenvalue weighted by atomic mass is 10.8. The Balaban J connectivity index is 1.93. The molecular formula is C7H7N3S3. The lowest BCUT2D eigenvalue weighted by Gasteiger charge is -1.90. The van der Waals surface area contributed by atoms with Gasteiger partial charge in [-0.2, -0.15) is 0 Å². The van der Waals surface area contributed by atoms with Crippen LogP contribution in [0.5, 0.6) is 0 Å². The van der Waals surface area contributed by atoms with E-state index in [1.807, 2.05) is 18.5 Å². The fourth-order valence-electron chi connectivity index (χ4n) is 0.784. The van der Waals surface area contributed by atoms with Crippen molar-refractivity contribution in [2.75, 3.05) is 0 Å². The van der Waals surface area contributed by atoms with Crippen LogP contribution in [0.4, 0.5) is 0 Å². The Bertz CT molecular complexity index is 368. The first-order valence-corrected chi connectivity index (χ1v) is 6.34. The molecule has 0 bridgehead atoms. The summed E-state index contributed by atoms with van der Waals surface area (Å²) in [5.74, 6) is 0.895. The van der Waals surface area contributed by atoms with Crippen LogP contribution in [0.25, 0.3) is 0 Å². The molecule has 0 unspecified atom stereocenters. The number of hydrogen-bond donors (Lipinski definition) is 0. The van der Waals surface area contributed by atoms with Crippen molar-refractivity contribution in [2.24, 2.45) is 0 Å². The van der Waals surface area contributed by atoms with Crippen molar-refractivity contribution in [3.05, 3.63) is 21.6 Å². The normalized spacial score (nSPS) is 10.5. The summed E-state index contributed by atoms with van der Waals surface area (Å²) in [5, 5.41) is 12.1. The third-order valence-corrected chi connectivity index (χ3v) is 4.26. The van der Waals surface area contributed by atoms with Crippen LogP contribution in [-0.2, 0) is 5.75 Å². The van der Waals surface area contributed by atoms with Crippen LogP contribution < -0.4 is 0 Å². The number of thiazole rings is 1. The van der Waals surface area contributed by atoms with Gasteiger partial charge in [0, 0.05) is 11.6 Å². The number of thioether (sulfide) groups is 1. The minimum absolute atomic E-state index is 0.895. The highest BCUT2D eigenvalue weighted by atomic mass is 32.2. The largest absolute Gasteiger partial charge is 0.249 e. The van der Waals surface area contributed by atoms with E-state index in [9.17, 15) is 0 Å². The van der Waals surface area contributed by atoms with E-state index in [-0.39, 0.29) is 0 Å². The summed E-state index contributed by atoms with van der Waals surface area (Å²) in [6, 6.07) is 0. The molecule has 0 N–H and O–H groups in total. The molecule has 0 spiro atoms. The molecule has 0 aliphatic heterocycles. The Labute approximate surface area is 88.2 Å². The molecule has 0 amide bonds. The molecule has 6 heteroatoms. The van der Waals surface area contributed by atoms with E-state index in [4.69, 9.17) is 0 Å². The van der Waals surface area contributed by atoms with Crippen molar-refractivity contribution in [1.82, 2.24) is 15.2 Å². The van der Waals surface area contributed by atoms with Crippen molar-refractivity contribution in [1.29, 1.82) is 0 Å². The predicted octanol–water partition coefficient (Wildman–Crippen LogP) is 2.60. The summed E-state index contributed by atoms with van der Waals surface area (Å²) in [5.41, 5.74) is 0. The Kier molecular flexibility index (Phi) is 2.92. The standard InChI is InChI=1S/C7H7N3S3/c1-5-9-10-7(13-5)12-4-6-8-2-3-11-6/h2-3H,4H2,1H3. The molecule has 0 fully saturated rings. The second-order valence-corrected chi connectivity index (χ2v) is 5.68. The molecule has 0 saturated heterocycles. The van der Waals surface area contributed by atoms with Crippen LogP contribution in [0.2, 0.25) is 0 Å². The van der Waals surface area contributed by atoms with Gasteiger partial charge >= 0.3 is 0 Å². The Morgan fingerprint density at radius 3 is 3.00 bits per heavy atom. The van der Waals surface area contributed by atoms with E-state index in [1.165, 1.54) is 0 Å². The van der Waals surface area contributed by atoms with Crippen LogP contribution in [-0.4, -0.2) is 15.2 Å². The van der Waals surface area contributed by atoms with Gasteiger partial charge in [0.15, 0.2) is 4.34 Å². The third-order valence-electron chi connectivity index (χ3n) is 1.31. The highest BCUT2D eigenvalue weighted by Gasteiger charge is 2.02. The molecule has 2 aromatic heterocycles. The van der Waals surface area contributed by atoms with Gasteiger partial charge in [-0.25, -0.2) is 4.98 Å². The minimum atomic E-state index is 0.895. The minimum Gasteiger partial charge on any atom is -0.249 e. The molecule has 68 valence electrons. The maximum atomic E-state index is 4.19.